The zero-order valence-electron chi connectivity index (χ0n) is 14.7. The number of likely N-dealkylation sites (tertiary alicyclic amines) is 1. The molecule has 1 atom stereocenters. The first-order valence-corrected chi connectivity index (χ1v) is 8.83. The normalized spacial score (nSPS) is 18.3. The molecular weight excluding hydrogens is 332 g/mol. The zero-order valence-corrected chi connectivity index (χ0v) is 14.7. The molecule has 1 unspecified atom stereocenters. The summed E-state index contributed by atoms with van der Waals surface area (Å²) in [4.78, 5) is 2.31. The molecule has 136 valence electrons. The van der Waals surface area contributed by atoms with E-state index in [2.05, 4.69) is 25.3 Å². The van der Waals surface area contributed by atoms with Crippen LogP contribution in [0.5, 0.6) is 0 Å². The van der Waals surface area contributed by atoms with Gasteiger partial charge in [0.05, 0.1) is 6.54 Å². The van der Waals surface area contributed by atoms with Gasteiger partial charge in [0.2, 0.25) is 11.8 Å². The first kappa shape index (κ1) is 16.9. The van der Waals surface area contributed by atoms with Gasteiger partial charge in [0.1, 0.15) is 12.4 Å². The molecule has 0 spiro atoms. The molecule has 0 radical (unpaired) electrons. The summed E-state index contributed by atoms with van der Waals surface area (Å²) < 4.78 is 7.73. The van der Waals surface area contributed by atoms with Gasteiger partial charge < -0.3 is 14.1 Å². The zero-order chi connectivity index (χ0) is 17.9. The number of piperidine rings is 1. The van der Waals surface area contributed by atoms with E-state index in [0.717, 1.165) is 37.3 Å². The largest absolute Gasteiger partial charge is 0.419 e. The van der Waals surface area contributed by atoms with Crippen molar-refractivity contribution in [2.45, 2.75) is 31.9 Å². The van der Waals surface area contributed by atoms with Crippen LogP contribution in [0.25, 0.3) is 11.5 Å². The van der Waals surface area contributed by atoms with E-state index in [9.17, 15) is 5.11 Å². The highest BCUT2D eigenvalue weighted by atomic mass is 16.4. The molecule has 26 heavy (non-hydrogen) atoms. The van der Waals surface area contributed by atoms with Crippen LogP contribution in [0.3, 0.4) is 0 Å². The fourth-order valence-electron chi connectivity index (χ4n) is 3.48. The number of aromatic nitrogens is 5. The average molecular weight is 354 g/mol. The van der Waals surface area contributed by atoms with Crippen molar-refractivity contribution in [2.75, 3.05) is 13.1 Å². The number of nitrogens with zero attached hydrogens (tertiary/aromatic N) is 6. The summed E-state index contributed by atoms with van der Waals surface area (Å²) in [5.41, 5.74) is 0.929. The molecule has 1 N–H and O–H groups in total. The highest BCUT2D eigenvalue weighted by molar-refractivity contribution is 5.51. The first-order valence-electron chi connectivity index (χ1n) is 8.83. The van der Waals surface area contributed by atoms with Gasteiger partial charge in [-0.2, -0.15) is 0 Å². The van der Waals surface area contributed by atoms with E-state index in [-0.39, 0.29) is 12.5 Å². The van der Waals surface area contributed by atoms with E-state index >= 15 is 0 Å². The Balaban J connectivity index is 1.44. The lowest BCUT2D eigenvalue weighted by Gasteiger charge is -2.31. The van der Waals surface area contributed by atoms with E-state index in [4.69, 9.17) is 4.42 Å². The topological polar surface area (TPSA) is 93.1 Å². The summed E-state index contributed by atoms with van der Waals surface area (Å²) in [5, 5.41) is 26.0. The summed E-state index contributed by atoms with van der Waals surface area (Å²) in [6, 6.07) is 9.79. The van der Waals surface area contributed by atoms with Gasteiger partial charge in [-0.1, -0.05) is 18.2 Å². The van der Waals surface area contributed by atoms with Crippen molar-refractivity contribution >= 4 is 0 Å². The van der Waals surface area contributed by atoms with Crippen LogP contribution in [-0.4, -0.2) is 48.1 Å². The standard InChI is InChI=1S/C18H22N6O2/c1-23-15(12-25)19-21-17(23)14-8-5-9-24(10-14)11-16-20-22-18(26-16)13-6-3-2-4-7-13/h2-4,6-7,14,25H,5,8-12H2,1H3. The molecule has 0 amide bonds. The van der Waals surface area contributed by atoms with Crippen molar-refractivity contribution in [1.82, 2.24) is 29.9 Å². The van der Waals surface area contributed by atoms with Crippen molar-refractivity contribution in [3.8, 4) is 11.5 Å². The molecular formula is C18H22N6O2. The lowest BCUT2D eigenvalue weighted by Crippen LogP contribution is -2.35. The van der Waals surface area contributed by atoms with Crippen LogP contribution in [0.1, 0.15) is 36.3 Å². The first-order chi connectivity index (χ1) is 12.7. The molecule has 0 bridgehead atoms. The number of hydrogen-bond donors (Lipinski definition) is 1. The Hall–Kier alpha value is -2.58. The van der Waals surface area contributed by atoms with Crippen LogP contribution in [0.15, 0.2) is 34.7 Å². The minimum Gasteiger partial charge on any atom is -0.419 e. The predicted octanol–water partition coefficient (Wildman–Crippen LogP) is 1.74. The maximum atomic E-state index is 9.31. The Bertz CT molecular complexity index is 860. The van der Waals surface area contributed by atoms with Crippen molar-refractivity contribution < 1.29 is 9.52 Å². The Morgan fingerprint density at radius 2 is 2.00 bits per heavy atom. The van der Waals surface area contributed by atoms with E-state index < -0.39 is 0 Å². The van der Waals surface area contributed by atoms with Crippen LogP contribution < -0.4 is 0 Å². The lowest BCUT2D eigenvalue weighted by molar-refractivity contribution is 0.179. The van der Waals surface area contributed by atoms with Gasteiger partial charge in [0, 0.05) is 25.1 Å². The Morgan fingerprint density at radius 3 is 2.77 bits per heavy atom. The molecule has 4 rings (SSSR count). The molecule has 1 aliphatic rings. The predicted molar refractivity (Wildman–Crippen MR) is 93.9 cm³/mol. The number of rotatable bonds is 5. The van der Waals surface area contributed by atoms with Gasteiger partial charge >= 0.3 is 0 Å². The summed E-state index contributed by atoms with van der Waals surface area (Å²) in [7, 11) is 1.91. The molecule has 1 fully saturated rings. The van der Waals surface area contributed by atoms with Crippen LogP contribution in [-0.2, 0) is 20.2 Å². The van der Waals surface area contributed by atoms with Gasteiger partial charge in [-0.25, -0.2) is 0 Å². The fraction of sp³-hybridized carbons (Fsp3) is 0.444. The minimum atomic E-state index is -0.0931. The van der Waals surface area contributed by atoms with Gasteiger partial charge in [-0.3, -0.25) is 4.90 Å². The summed E-state index contributed by atoms with van der Waals surface area (Å²) in [5.74, 6) is 2.99. The second-order valence-corrected chi connectivity index (χ2v) is 6.63. The van der Waals surface area contributed by atoms with Crippen molar-refractivity contribution in [1.29, 1.82) is 0 Å². The third-order valence-electron chi connectivity index (χ3n) is 4.86. The highest BCUT2D eigenvalue weighted by Gasteiger charge is 2.26. The number of aliphatic hydroxyl groups excluding tert-OH is 1. The van der Waals surface area contributed by atoms with E-state index in [1.165, 1.54) is 0 Å². The Morgan fingerprint density at radius 1 is 1.15 bits per heavy atom. The van der Waals surface area contributed by atoms with Crippen LogP contribution in [0.4, 0.5) is 0 Å². The van der Waals surface area contributed by atoms with Gasteiger partial charge in [0.25, 0.3) is 0 Å². The maximum Gasteiger partial charge on any atom is 0.247 e. The highest BCUT2D eigenvalue weighted by Crippen LogP contribution is 2.27. The van der Waals surface area contributed by atoms with Gasteiger partial charge in [-0.05, 0) is 31.5 Å². The second kappa shape index (κ2) is 7.35. The minimum absolute atomic E-state index is 0.0931. The maximum absolute atomic E-state index is 9.31. The molecule has 1 aromatic carbocycles. The SMILES string of the molecule is Cn1c(CO)nnc1C1CCCN(Cc2nnc(-c3ccccc3)o2)C1. The molecule has 2 aromatic heterocycles. The monoisotopic (exact) mass is 354 g/mol. The summed E-state index contributed by atoms with van der Waals surface area (Å²) in [6.45, 7) is 2.38. The lowest BCUT2D eigenvalue weighted by atomic mass is 9.97. The second-order valence-electron chi connectivity index (χ2n) is 6.63. The van der Waals surface area contributed by atoms with E-state index in [1.807, 2.05) is 41.9 Å². The molecule has 1 aliphatic heterocycles. The average Bonchev–Trinajstić information content (AvgIpc) is 3.29. The Kier molecular flexibility index (Phi) is 4.77. The molecule has 1 saturated heterocycles. The molecule has 0 aliphatic carbocycles. The third-order valence-corrected chi connectivity index (χ3v) is 4.86. The smallest absolute Gasteiger partial charge is 0.247 e. The number of benzene rings is 1. The fourth-order valence-corrected chi connectivity index (χ4v) is 3.48. The number of aliphatic hydroxyl groups is 1. The molecule has 8 heteroatoms. The molecule has 8 nitrogen and oxygen atoms in total. The van der Waals surface area contributed by atoms with Crippen LogP contribution in [0.2, 0.25) is 0 Å². The van der Waals surface area contributed by atoms with Crippen molar-refractivity contribution in [2.24, 2.45) is 7.05 Å². The van der Waals surface area contributed by atoms with E-state index in [1.54, 1.807) is 0 Å². The van der Waals surface area contributed by atoms with Gasteiger partial charge in [0.15, 0.2) is 5.82 Å². The molecule has 3 heterocycles. The number of hydrogen-bond acceptors (Lipinski definition) is 7. The summed E-state index contributed by atoms with van der Waals surface area (Å²) in [6.07, 6.45) is 2.14. The third kappa shape index (κ3) is 3.38. The van der Waals surface area contributed by atoms with Crippen LogP contribution >= 0.6 is 0 Å². The quantitative estimate of drug-likeness (QED) is 0.746. The van der Waals surface area contributed by atoms with Crippen molar-refractivity contribution in [3.63, 3.8) is 0 Å². The van der Waals surface area contributed by atoms with E-state index in [0.29, 0.717) is 24.2 Å². The molecule has 3 aromatic rings. The van der Waals surface area contributed by atoms with Gasteiger partial charge in [-0.15, -0.1) is 20.4 Å². The van der Waals surface area contributed by atoms with Crippen LogP contribution in [0, 0.1) is 0 Å². The summed E-state index contributed by atoms with van der Waals surface area (Å²) >= 11 is 0. The Labute approximate surface area is 151 Å². The van der Waals surface area contributed by atoms with Crippen molar-refractivity contribution in [3.05, 3.63) is 47.9 Å². The molecule has 0 saturated carbocycles.